The van der Waals surface area contributed by atoms with Crippen LogP contribution < -0.4 is 16.4 Å². The largest absolute Gasteiger partial charge is 0.354 e. The first-order valence-electron chi connectivity index (χ1n) is 8.05. The van der Waals surface area contributed by atoms with Crippen LogP contribution in [0.5, 0.6) is 0 Å². The molecule has 0 spiro atoms. The summed E-state index contributed by atoms with van der Waals surface area (Å²) < 4.78 is 1.06. The van der Waals surface area contributed by atoms with E-state index in [1.54, 1.807) is 0 Å². The lowest BCUT2D eigenvalue weighted by Gasteiger charge is -2.38. The van der Waals surface area contributed by atoms with Crippen LogP contribution in [0.4, 0.5) is 0 Å². The van der Waals surface area contributed by atoms with Crippen molar-refractivity contribution in [2.24, 2.45) is 5.73 Å². The molecule has 0 heterocycles. The van der Waals surface area contributed by atoms with Crippen molar-refractivity contribution in [1.82, 2.24) is 10.6 Å². The molecule has 0 bridgehead atoms. The molecule has 5 nitrogen and oxygen atoms in total. The predicted molar refractivity (Wildman–Crippen MR) is 101 cm³/mol. The number of hydrogen-bond acceptors (Lipinski definition) is 3. The normalized spacial score (nSPS) is 15.9. The summed E-state index contributed by atoms with van der Waals surface area (Å²) in [7, 11) is 0. The summed E-state index contributed by atoms with van der Waals surface area (Å²) >= 11 is 3.54. The highest BCUT2D eigenvalue weighted by Gasteiger charge is 2.34. The van der Waals surface area contributed by atoms with Crippen LogP contribution in [0.3, 0.4) is 0 Å². The van der Waals surface area contributed by atoms with E-state index < -0.39 is 0 Å². The van der Waals surface area contributed by atoms with Crippen LogP contribution in [0, 0.1) is 0 Å². The third-order valence-electron chi connectivity index (χ3n) is 4.50. The average molecular weight is 419 g/mol. The van der Waals surface area contributed by atoms with E-state index in [1.807, 2.05) is 12.1 Å². The van der Waals surface area contributed by atoms with E-state index >= 15 is 0 Å². The molecule has 0 saturated heterocycles. The summed E-state index contributed by atoms with van der Waals surface area (Å²) in [6.07, 6.45) is 5.73. The van der Waals surface area contributed by atoms with E-state index in [-0.39, 0.29) is 42.7 Å². The van der Waals surface area contributed by atoms with Gasteiger partial charge in [0.05, 0.1) is 13.1 Å². The van der Waals surface area contributed by atoms with Crippen LogP contribution in [-0.2, 0) is 15.0 Å². The summed E-state index contributed by atoms with van der Waals surface area (Å²) in [5.41, 5.74) is 6.46. The quantitative estimate of drug-likeness (QED) is 0.662. The predicted octanol–water partition coefficient (Wildman–Crippen LogP) is 2.26. The molecule has 0 unspecified atom stereocenters. The maximum Gasteiger partial charge on any atom is 0.239 e. The van der Waals surface area contributed by atoms with E-state index in [2.05, 4.69) is 38.7 Å². The van der Waals surface area contributed by atoms with Gasteiger partial charge in [-0.1, -0.05) is 47.3 Å². The van der Waals surface area contributed by atoms with Crippen molar-refractivity contribution >= 4 is 40.2 Å². The van der Waals surface area contributed by atoms with Gasteiger partial charge < -0.3 is 16.4 Å². The number of halogens is 2. The highest BCUT2D eigenvalue weighted by molar-refractivity contribution is 9.10. The summed E-state index contributed by atoms with van der Waals surface area (Å²) in [5, 5.41) is 5.48. The van der Waals surface area contributed by atoms with E-state index in [0.29, 0.717) is 6.54 Å². The third-order valence-corrected chi connectivity index (χ3v) is 5.00. The Morgan fingerprint density at radius 2 is 1.83 bits per heavy atom. The van der Waals surface area contributed by atoms with Gasteiger partial charge in [-0.2, -0.15) is 0 Å². The molecular weight excluding hydrogens is 394 g/mol. The standard InChI is InChI=1S/C17H24BrN3O2.ClH/c18-14-6-4-5-13(9-14)17(7-2-1-3-8-17)12-21-16(23)11-20-15(22)10-19;/h4-6,9H,1-3,7-8,10-12,19H2,(H,20,22)(H,21,23);1H. The summed E-state index contributed by atoms with van der Waals surface area (Å²) in [6, 6.07) is 8.34. The minimum Gasteiger partial charge on any atom is -0.354 e. The van der Waals surface area contributed by atoms with Crippen molar-refractivity contribution in [2.45, 2.75) is 37.5 Å². The molecule has 2 amide bonds. The molecule has 0 atom stereocenters. The number of rotatable bonds is 6. The van der Waals surface area contributed by atoms with E-state index in [0.717, 1.165) is 17.3 Å². The first kappa shape index (κ1) is 20.9. The van der Waals surface area contributed by atoms with Crippen molar-refractivity contribution in [1.29, 1.82) is 0 Å². The van der Waals surface area contributed by atoms with Crippen LogP contribution in [0.2, 0.25) is 0 Å². The Morgan fingerprint density at radius 3 is 2.46 bits per heavy atom. The van der Waals surface area contributed by atoms with Gasteiger partial charge in [-0.3, -0.25) is 9.59 Å². The topological polar surface area (TPSA) is 84.2 Å². The van der Waals surface area contributed by atoms with Crippen molar-refractivity contribution in [2.75, 3.05) is 19.6 Å². The van der Waals surface area contributed by atoms with Crippen LogP contribution >= 0.6 is 28.3 Å². The number of carbonyl (C=O) groups excluding carboxylic acids is 2. The third kappa shape index (κ3) is 5.76. The second-order valence-corrected chi connectivity index (χ2v) is 7.02. The monoisotopic (exact) mass is 417 g/mol. The number of carbonyl (C=O) groups is 2. The minimum absolute atomic E-state index is 0. The zero-order chi connectivity index (χ0) is 16.7. The molecule has 0 radical (unpaired) electrons. The molecule has 1 aliphatic rings. The lowest BCUT2D eigenvalue weighted by molar-refractivity contribution is -0.125. The van der Waals surface area contributed by atoms with Gasteiger partial charge in [0.2, 0.25) is 11.8 Å². The Morgan fingerprint density at radius 1 is 1.12 bits per heavy atom. The summed E-state index contributed by atoms with van der Waals surface area (Å²) in [5.74, 6) is -0.494. The first-order chi connectivity index (χ1) is 11.1. The van der Waals surface area contributed by atoms with Gasteiger partial charge in [0.1, 0.15) is 0 Å². The van der Waals surface area contributed by atoms with Crippen molar-refractivity contribution in [3.05, 3.63) is 34.3 Å². The second kappa shape index (κ2) is 10.0. The smallest absolute Gasteiger partial charge is 0.239 e. The Kier molecular flexibility index (Phi) is 8.73. The van der Waals surface area contributed by atoms with Crippen LogP contribution in [-0.4, -0.2) is 31.4 Å². The van der Waals surface area contributed by atoms with Crippen molar-refractivity contribution in [3.63, 3.8) is 0 Å². The van der Waals surface area contributed by atoms with Gasteiger partial charge in [-0.05, 0) is 30.5 Å². The molecule has 4 N–H and O–H groups in total. The summed E-state index contributed by atoms with van der Waals surface area (Å²) in [6.45, 7) is 0.473. The van der Waals surface area contributed by atoms with Gasteiger partial charge in [-0.15, -0.1) is 12.4 Å². The van der Waals surface area contributed by atoms with Crippen LogP contribution in [0.25, 0.3) is 0 Å². The number of benzene rings is 1. The molecule has 134 valence electrons. The molecule has 1 fully saturated rings. The minimum atomic E-state index is -0.320. The highest BCUT2D eigenvalue weighted by Crippen LogP contribution is 2.39. The lowest BCUT2D eigenvalue weighted by atomic mass is 9.69. The van der Waals surface area contributed by atoms with Gasteiger partial charge in [-0.25, -0.2) is 0 Å². The van der Waals surface area contributed by atoms with E-state index in [9.17, 15) is 9.59 Å². The fraction of sp³-hybridized carbons (Fsp3) is 0.529. The van der Waals surface area contributed by atoms with E-state index in [1.165, 1.54) is 24.8 Å². The molecular formula is C17H25BrClN3O2. The second-order valence-electron chi connectivity index (χ2n) is 6.11. The number of hydrogen-bond donors (Lipinski definition) is 3. The van der Waals surface area contributed by atoms with Gasteiger partial charge >= 0.3 is 0 Å². The first-order valence-corrected chi connectivity index (χ1v) is 8.84. The number of nitrogens with two attached hydrogens (primary N) is 1. The van der Waals surface area contributed by atoms with Crippen LogP contribution in [0.1, 0.15) is 37.7 Å². The lowest BCUT2D eigenvalue weighted by Crippen LogP contribution is -2.46. The fourth-order valence-electron chi connectivity index (χ4n) is 3.20. The Bertz CT molecular complexity index is 563. The number of amides is 2. The van der Waals surface area contributed by atoms with Gasteiger partial charge in [0.15, 0.2) is 0 Å². The fourth-order valence-corrected chi connectivity index (χ4v) is 3.59. The van der Waals surface area contributed by atoms with Gasteiger partial charge in [0, 0.05) is 16.4 Å². The molecule has 24 heavy (non-hydrogen) atoms. The SMILES string of the molecule is Cl.NCC(=O)NCC(=O)NCC1(c2cccc(Br)c2)CCCCC1. The maximum absolute atomic E-state index is 12.0. The molecule has 7 heteroatoms. The number of nitrogens with one attached hydrogen (secondary N) is 2. The average Bonchev–Trinajstić information content (AvgIpc) is 2.58. The van der Waals surface area contributed by atoms with Gasteiger partial charge in [0.25, 0.3) is 0 Å². The highest BCUT2D eigenvalue weighted by atomic mass is 79.9. The molecule has 0 aliphatic heterocycles. The van der Waals surface area contributed by atoms with Crippen molar-refractivity contribution < 1.29 is 9.59 Å². The molecule has 1 saturated carbocycles. The van der Waals surface area contributed by atoms with E-state index in [4.69, 9.17) is 5.73 Å². The Balaban J connectivity index is 0.00000288. The van der Waals surface area contributed by atoms with Crippen LogP contribution in [0.15, 0.2) is 28.7 Å². The molecule has 2 rings (SSSR count). The van der Waals surface area contributed by atoms with Crippen molar-refractivity contribution in [3.8, 4) is 0 Å². The molecule has 1 aromatic carbocycles. The Labute approximate surface area is 157 Å². The summed E-state index contributed by atoms with van der Waals surface area (Å²) in [4.78, 5) is 23.1. The Hall–Kier alpha value is -1.11. The molecule has 1 aliphatic carbocycles. The zero-order valence-corrected chi connectivity index (χ0v) is 16.0. The molecule has 0 aromatic heterocycles. The molecule has 1 aromatic rings. The zero-order valence-electron chi connectivity index (χ0n) is 13.6. The maximum atomic E-state index is 12.0.